The van der Waals surface area contributed by atoms with E-state index in [2.05, 4.69) is 11.4 Å². The van der Waals surface area contributed by atoms with Crippen LogP contribution < -0.4 is 5.32 Å². The molecule has 0 amide bonds. The van der Waals surface area contributed by atoms with Gasteiger partial charge in [-0.2, -0.15) is 5.26 Å². The zero-order valence-corrected chi connectivity index (χ0v) is 7.60. The molecule has 1 aliphatic rings. The normalized spacial score (nSPS) is 20.7. The van der Waals surface area contributed by atoms with Gasteiger partial charge < -0.3 is 4.74 Å². The van der Waals surface area contributed by atoms with Gasteiger partial charge in [0.25, 0.3) is 0 Å². The molecule has 0 heterocycles. The molecule has 1 fully saturated rings. The number of ether oxygens (including phenoxy) is 1. The molecule has 0 saturated heterocycles. The molecule has 3 nitrogen and oxygen atoms in total. The lowest BCUT2D eigenvalue weighted by molar-refractivity contribution is 0.191. The number of rotatable bonds is 4. The zero-order valence-electron chi connectivity index (χ0n) is 7.60. The molecule has 3 heteroatoms. The zero-order chi connectivity index (χ0) is 8.86. The molecule has 1 N–H and O–H groups in total. The quantitative estimate of drug-likeness (QED) is 0.638. The minimum Gasteiger partial charge on any atom is -0.383 e. The van der Waals surface area contributed by atoms with Crippen LogP contribution >= 0.6 is 0 Å². The number of methoxy groups -OCH3 is 1. The minimum atomic E-state index is -0.238. The van der Waals surface area contributed by atoms with Crippen molar-refractivity contribution in [3.8, 4) is 6.07 Å². The van der Waals surface area contributed by atoms with Crippen molar-refractivity contribution < 1.29 is 4.74 Å². The van der Waals surface area contributed by atoms with Gasteiger partial charge in [-0.3, -0.25) is 5.32 Å². The Bertz CT molecular complexity index is 168. The van der Waals surface area contributed by atoms with Gasteiger partial charge in [-0.15, -0.1) is 0 Å². The summed E-state index contributed by atoms with van der Waals surface area (Å²) in [6.45, 7) is 1.47. The van der Waals surface area contributed by atoms with Crippen molar-refractivity contribution in [1.29, 1.82) is 5.26 Å². The Hall–Kier alpha value is -0.590. The Labute approximate surface area is 73.7 Å². The summed E-state index contributed by atoms with van der Waals surface area (Å²) in [5.74, 6) is 0. The van der Waals surface area contributed by atoms with Crippen molar-refractivity contribution in [3.63, 3.8) is 0 Å². The number of hydrogen-bond acceptors (Lipinski definition) is 3. The summed E-state index contributed by atoms with van der Waals surface area (Å²) < 4.78 is 4.92. The number of hydrogen-bond donors (Lipinski definition) is 1. The number of nitrogens with zero attached hydrogens (tertiary/aromatic N) is 1. The van der Waals surface area contributed by atoms with Gasteiger partial charge in [0, 0.05) is 13.7 Å². The summed E-state index contributed by atoms with van der Waals surface area (Å²) in [6, 6.07) is 2.37. The summed E-state index contributed by atoms with van der Waals surface area (Å²) in [5.41, 5.74) is -0.238. The van der Waals surface area contributed by atoms with Crippen LogP contribution in [-0.2, 0) is 4.74 Å². The van der Waals surface area contributed by atoms with E-state index in [-0.39, 0.29) is 5.54 Å². The van der Waals surface area contributed by atoms with Crippen molar-refractivity contribution in [2.45, 2.75) is 31.2 Å². The van der Waals surface area contributed by atoms with E-state index in [1.807, 2.05) is 0 Å². The van der Waals surface area contributed by atoms with Crippen LogP contribution in [0.1, 0.15) is 25.7 Å². The molecule has 0 aromatic rings. The van der Waals surface area contributed by atoms with Gasteiger partial charge in [-0.1, -0.05) is 12.8 Å². The largest absolute Gasteiger partial charge is 0.383 e. The van der Waals surface area contributed by atoms with Crippen LogP contribution in [0.5, 0.6) is 0 Å². The highest BCUT2D eigenvalue weighted by atomic mass is 16.5. The monoisotopic (exact) mass is 168 g/mol. The summed E-state index contributed by atoms with van der Waals surface area (Å²) in [7, 11) is 1.68. The highest BCUT2D eigenvalue weighted by Gasteiger charge is 2.32. The van der Waals surface area contributed by atoms with E-state index in [1.165, 1.54) is 12.8 Å². The first-order chi connectivity index (χ1) is 5.83. The van der Waals surface area contributed by atoms with Crippen LogP contribution in [0.2, 0.25) is 0 Å². The first-order valence-corrected chi connectivity index (χ1v) is 4.48. The second kappa shape index (κ2) is 4.44. The lowest BCUT2D eigenvalue weighted by Crippen LogP contribution is -2.42. The van der Waals surface area contributed by atoms with Crippen LogP contribution in [0, 0.1) is 11.3 Å². The maximum Gasteiger partial charge on any atom is 0.106 e. The fraction of sp³-hybridized carbons (Fsp3) is 0.889. The van der Waals surface area contributed by atoms with E-state index in [0.717, 1.165) is 19.4 Å². The first-order valence-electron chi connectivity index (χ1n) is 4.48. The number of nitrogens with one attached hydrogen (secondary N) is 1. The van der Waals surface area contributed by atoms with Gasteiger partial charge in [0.1, 0.15) is 5.54 Å². The van der Waals surface area contributed by atoms with Gasteiger partial charge in [0.15, 0.2) is 0 Å². The molecule has 1 saturated carbocycles. The second-order valence-electron chi connectivity index (χ2n) is 3.32. The molecule has 0 bridgehead atoms. The minimum absolute atomic E-state index is 0.238. The standard InChI is InChI=1S/C9H16N2O/c1-12-7-6-11-9(8-10)4-2-3-5-9/h11H,2-7H2,1H3. The first kappa shape index (κ1) is 9.50. The maximum atomic E-state index is 8.96. The molecule has 12 heavy (non-hydrogen) atoms. The van der Waals surface area contributed by atoms with Crippen molar-refractivity contribution in [1.82, 2.24) is 5.32 Å². The predicted molar refractivity (Wildman–Crippen MR) is 46.7 cm³/mol. The van der Waals surface area contributed by atoms with Crippen LogP contribution in [0.15, 0.2) is 0 Å². The lowest BCUT2D eigenvalue weighted by atomic mass is 10.0. The van der Waals surface area contributed by atoms with Gasteiger partial charge >= 0.3 is 0 Å². The predicted octanol–water partition coefficient (Wildman–Crippen LogP) is 1.06. The van der Waals surface area contributed by atoms with Crippen LogP contribution in [0.4, 0.5) is 0 Å². The molecule has 0 aromatic carbocycles. The van der Waals surface area contributed by atoms with Crippen LogP contribution in [0.3, 0.4) is 0 Å². The van der Waals surface area contributed by atoms with E-state index < -0.39 is 0 Å². The average molecular weight is 168 g/mol. The summed E-state index contributed by atoms with van der Waals surface area (Å²) in [6.07, 6.45) is 4.33. The Kier molecular flexibility index (Phi) is 3.51. The van der Waals surface area contributed by atoms with Crippen molar-refractivity contribution in [2.24, 2.45) is 0 Å². The molecule has 68 valence electrons. The molecule has 0 aromatic heterocycles. The van der Waals surface area contributed by atoms with E-state index in [1.54, 1.807) is 7.11 Å². The Morgan fingerprint density at radius 1 is 1.50 bits per heavy atom. The van der Waals surface area contributed by atoms with Crippen molar-refractivity contribution in [2.75, 3.05) is 20.3 Å². The topological polar surface area (TPSA) is 45.0 Å². The Morgan fingerprint density at radius 3 is 2.67 bits per heavy atom. The van der Waals surface area contributed by atoms with E-state index >= 15 is 0 Å². The van der Waals surface area contributed by atoms with Gasteiger partial charge in [-0.25, -0.2) is 0 Å². The van der Waals surface area contributed by atoms with Gasteiger partial charge in [-0.05, 0) is 12.8 Å². The molecule has 0 atom stereocenters. The van der Waals surface area contributed by atoms with Crippen LogP contribution in [0.25, 0.3) is 0 Å². The van der Waals surface area contributed by atoms with E-state index in [0.29, 0.717) is 6.61 Å². The van der Waals surface area contributed by atoms with E-state index in [9.17, 15) is 0 Å². The molecule has 1 rings (SSSR count). The van der Waals surface area contributed by atoms with E-state index in [4.69, 9.17) is 10.00 Å². The third kappa shape index (κ3) is 2.20. The number of nitriles is 1. The SMILES string of the molecule is COCCNC1(C#N)CCCC1. The van der Waals surface area contributed by atoms with Gasteiger partial charge in [0.2, 0.25) is 0 Å². The highest BCUT2D eigenvalue weighted by Crippen LogP contribution is 2.28. The Morgan fingerprint density at radius 2 is 2.17 bits per heavy atom. The average Bonchev–Trinajstić information content (AvgIpc) is 2.55. The highest BCUT2D eigenvalue weighted by molar-refractivity contribution is 5.09. The summed E-state index contributed by atoms with van der Waals surface area (Å²) in [4.78, 5) is 0. The Balaban J connectivity index is 2.30. The fourth-order valence-corrected chi connectivity index (χ4v) is 1.70. The second-order valence-corrected chi connectivity index (χ2v) is 3.32. The molecular weight excluding hydrogens is 152 g/mol. The molecule has 1 aliphatic carbocycles. The third-order valence-corrected chi connectivity index (χ3v) is 2.44. The molecule has 0 spiro atoms. The molecule has 0 radical (unpaired) electrons. The lowest BCUT2D eigenvalue weighted by Gasteiger charge is -2.21. The third-order valence-electron chi connectivity index (χ3n) is 2.44. The van der Waals surface area contributed by atoms with Crippen LogP contribution in [-0.4, -0.2) is 25.8 Å². The summed E-state index contributed by atoms with van der Waals surface area (Å²) in [5, 5.41) is 12.2. The van der Waals surface area contributed by atoms with Crippen molar-refractivity contribution in [3.05, 3.63) is 0 Å². The van der Waals surface area contributed by atoms with Crippen molar-refractivity contribution >= 4 is 0 Å². The summed E-state index contributed by atoms with van der Waals surface area (Å²) >= 11 is 0. The molecule has 0 aliphatic heterocycles. The van der Waals surface area contributed by atoms with Gasteiger partial charge in [0.05, 0.1) is 12.7 Å². The maximum absolute atomic E-state index is 8.96. The smallest absolute Gasteiger partial charge is 0.106 e. The molecular formula is C9H16N2O. The molecule has 0 unspecified atom stereocenters. The fourth-order valence-electron chi connectivity index (χ4n) is 1.70.